The number of nitrogens with zero attached hydrogens (tertiary/aromatic N) is 3. The van der Waals surface area contributed by atoms with Crippen LogP contribution in [0.1, 0.15) is 18.4 Å². The Kier molecular flexibility index (Phi) is 10.4. The molecule has 34 heavy (non-hydrogen) atoms. The topological polar surface area (TPSA) is 115 Å². The summed E-state index contributed by atoms with van der Waals surface area (Å²) in [6.45, 7) is 3.69. The fourth-order valence-corrected chi connectivity index (χ4v) is 3.49. The lowest BCUT2D eigenvalue weighted by Crippen LogP contribution is -2.41. The maximum atomic E-state index is 11.9. The van der Waals surface area contributed by atoms with E-state index in [4.69, 9.17) is 24.2 Å². The van der Waals surface area contributed by atoms with Gasteiger partial charge in [0.15, 0.2) is 0 Å². The van der Waals surface area contributed by atoms with Crippen LogP contribution < -0.4 is 0 Å². The molecule has 1 aromatic rings. The first-order chi connectivity index (χ1) is 15.5. The van der Waals surface area contributed by atoms with E-state index in [0.29, 0.717) is 18.6 Å². The molecule has 0 spiro atoms. The van der Waals surface area contributed by atoms with E-state index in [-0.39, 0.29) is 5.91 Å². The molecule has 2 saturated heterocycles. The number of amides is 1. The van der Waals surface area contributed by atoms with Gasteiger partial charge in [0.25, 0.3) is 0 Å². The molecular formula is C19H25F6N3O6. The molecule has 1 aromatic heterocycles. The molecule has 1 amide bonds. The van der Waals surface area contributed by atoms with E-state index < -0.39 is 24.3 Å². The summed E-state index contributed by atoms with van der Waals surface area (Å²) in [5.74, 6) is -5.31. The minimum atomic E-state index is -5.08. The third-order valence-corrected chi connectivity index (χ3v) is 5.09. The van der Waals surface area contributed by atoms with Gasteiger partial charge in [-0.15, -0.1) is 0 Å². The van der Waals surface area contributed by atoms with Crippen LogP contribution in [0.25, 0.3) is 0 Å². The molecule has 0 saturated carbocycles. The lowest BCUT2D eigenvalue weighted by molar-refractivity contribution is -0.193. The molecule has 194 valence electrons. The maximum Gasteiger partial charge on any atom is 0.490 e. The number of carbonyl (C=O) groups excluding carboxylic acids is 1. The lowest BCUT2D eigenvalue weighted by atomic mass is 10.1. The molecule has 2 fully saturated rings. The van der Waals surface area contributed by atoms with Crippen LogP contribution in [0.4, 0.5) is 26.3 Å². The number of furan rings is 1. The second kappa shape index (κ2) is 12.1. The molecule has 9 nitrogen and oxygen atoms in total. The summed E-state index contributed by atoms with van der Waals surface area (Å²) < 4.78 is 68.6. The number of likely N-dealkylation sites (tertiary alicyclic amines) is 2. The van der Waals surface area contributed by atoms with Crippen LogP contribution in [0.2, 0.25) is 0 Å². The van der Waals surface area contributed by atoms with Gasteiger partial charge in [0.2, 0.25) is 5.91 Å². The van der Waals surface area contributed by atoms with Crippen LogP contribution in [-0.2, 0) is 20.9 Å². The smallest absolute Gasteiger partial charge is 0.475 e. The number of fused-ring (bicyclic) bond motifs is 1. The molecule has 3 rings (SSSR count). The third kappa shape index (κ3) is 9.21. The number of carboxylic acid groups (broad SMARTS) is 2. The van der Waals surface area contributed by atoms with E-state index >= 15 is 0 Å². The highest BCUT2D eigenvalue weighted by molar-refractivity contribution is 5.77. The first kappa shape index (κ1) is 29.2. The van der Waals surface area contributed by atoms with E-state index in [1.807, 2.05) is 26.4 Å². The fourth-order valence-electron chi connectivity index (χ4n) is 3.49. The minimum absolute atomic E-state index is 0.207. The zero-order valence-corrected chi connectivity index (χ0v) is 18.3. The van der Waals surface area contributed by atoms with Gasteiger partial charge in [-0.1, -0.05) is 0 Å². The van der Waals surface area contributed by atoms with Crippen molar-refractivity contribution >= 4 is 17.8 Å². The lowest BCUT2D eigenvalue weighted by Gasteiger charge is -2.25. The highest BCUT2D eigenvalue weighted by atomic mass is 19.4. The van der Waals surface area contributed by atoms with Crippen LogP contribution in [0, 0.1) is 0 Å². The molecule has 2 aliphatic rings. The Hall–Kier alpha value is -2.81. The van der Waals surface area contributed by atoms with Crippen molar-refractivity contribution in [1.82, 2.24) is 14.7 Å². The standard InChI is InChI=1S/C15H23N3O2.2C2HF3O2/c1-16(2)15(19)10-18-7-4-13-14(18)3-6-17(13)9-12-5-8-20-11-12;2*3-2(4,5)1(6)7/h5,8,11,13-14H,3-4,6-7,9-10H2,1-2H3;2*(H,6,7)/t13-,14+;;/m1../s1. The largest absolute Gasteiger partial charge is 0.490 e. The number of alkyl halides is 6. The summed E-state index contributed by atoms with van der Waals surface area (Å²) in [4.78, 5) is 36.3. The first-order valence-corrected chi connectivity index (χ1v) is 9.83. The number of aliphatic carboxylic acids is 2. The molecule has 2 atom stereocenters. The van der Waals surface area contributed by atoms with Crippen molar-refractivity contribution in [3.63, 3.8) is 0 Å². The molecule has 3 heterocycles. The van der Waals surface area contributed by atoms with E-state index in [9.17, 15) is 31.1 Å². The molecule has 0 unspecified atom stereocenters. The molecule has 0 aromatic carbocycles. The molecule has 2 aliphatic heterocycles. The molecular weight excluding hydrogens is 480 g/mol. The van der Waals surface area contributed by atoms with Crippen molar-refractivity contribution in [1.29, 1.82) is 0 Å². The summed E-state index contributed by atoms with van der Waals surface area (Å²) in [6, 6.07) is 3.18. The van der Waals surface area contributed by atoms with Crippen molar-refractivity contribution in [2.45, 2.75) is 43.8 Å². The Labute approximate surface area is 190 Å². The van der Waals surface area contributed by atoms with E-state index in [0.717, 1.165) is 19.6 Å². The van der Waals surface area contributed by atoms with Crippen molar-refractivity contribution in [2.24, 2.45) is 0 Å². The normalized spacial score (nSPS) is 20.5. The summed E-state index contributed by atoms with van der Waals surface area (Å²) in [5.41, 5.74) is 1.24. The van der Waals surface area contributed by atoms with Gasteiger partial charge in [0.1, 0.15) is 0 Å². The van der Waals surface area contributed by atoms with Gasteiger partial charge in [-0.05, 0) is 18.9 Å². The van der Waals surface area contributed by atoms with Crippen molar-refractivity contribution < 1.29 is 55.4 Å². The van der Waals surface area contributed by atoms with Gasteiger partial charge in [-0.25, -0.2) is 9.59 Å². The molecule has 0 aliphatic carbocycles. The highest BCUT2D eigenvalue weighted by Crippen LogP contribution is 2.32. The molecule has 0 radical (unpaired) electrons. The second-order valence-electron chi connectivity index (χ2n) is 7.68. The number of carboxylic acids is 2. The Morgan fingerprint density at radius 2 is 1.41 bits per heavy atom. The number of likely N-dealkylation sites (N-methyl/N-ethyl adjacent to an activating group) is 1. The number of carbonyl (C=O) groups is 3. The molecule has 15 heteroatoms. The van der Waals surface area contributed by atoms with E-state index in [2.05, 4.69) is 9.80 Å². The number of halogens is 6. The predicted molar refractivity (Wildman–Crippen MR) is 104 cm³/mol. The number of hydrogen-bond donors (Lipinski definition) is 2. The van der Waals surface area contributed by atoms with Gasteiger partial charge in [0.05, 0.1) is 19.1 Å². The monoisotopic (exact) mass is 505 g/mol. The number of hydrogen-bond acceptors (Lipinski definition) is 6. The fraction of sp³-hybridized carbons (Fsp3) is 0.632. The van der Waals surface area contributed by atoms with Gasteiger partial charge < -0.3 is 19.5 Å². The third-order valence-electron chi connectivity index (χ3n) is 5.09. The zero-order valence-electron chi connectivity index (χ0n) is 18.3. The highest BCUT2D eigenvalue weighted by Gasteiger charge is 2.43. The van der Waals surface area contributed by atoms with Gasteiger partial charge in [0, 0.05) is 51.4 Å². The van der Waals surface area contributed by atoms with Gasteiger partial charge >= 0.3 is 24.3 Å². The van der Waals surface area contributed by atoms with Crippen molar-refractivity contribution in [3.05, 3.63) is 24.2 Å². The Morgan fingerprint density at radius 3 is 1.79 bits per heavy atom. The Balaban J connectivity index is 0.000000343. The summed E-state index contributed by atoms with van der Waals surface area (Å²) in [6.07, 6.45) is -4.26. The van der Waals surface area contributed by atoms with Gasteiger partial charge in [-0.2, -0.15) is 26.3 Å². The van der Waals surface area contributed by atoms with Crippen LogP contribution in [0.15, 0.2) is 23.0 Å². The summed E-state index contributed by atoms with van der Waals surface area (Å²) in [5, 5.41) is 14.2. The van der Waals surface area contributed by atoms with Crippen molar-refractivity contribution in [3.8, 4) is 0 Å². The molecule has 2 N–H and O–H groups in total. The van der Waals surface area contributed by atoms with Crippen LogP contribution in [-0.4, -0.2) is 101 Å². The van der Waals surface area contributed by atoms with E-state index in [1.54, 1.807) is 11.2 Å². The Morgan fingerprint density at radius 1 is 0.971 bits per heavy atom. The summed E-state index contributed by atoms with van der Waals surface area (Å²) in [7, 11) is 3.66. The predicted octanol–water partition coefficient (Wildman–Crippen LogP) is 2.28. The first-order valence-electron chi connectivity index (χ1n) is 9.83. The average Bonchev–Trinajstić information content (AvgIpc) is 3.42. The maximum absolute atomic E-state index is 11.9. The van der Waals surface area contributed by atoms with Crippen molar-refractivity contribution in [2.75, 3.05) is 33.7 Å². The number of rotatable bonds is 4. The van der Waals surface area contributed by atoms with Crippen LogP contribution in [0.5, 0.6) is 0 Å². The minimum Gasteiger partial charge on any atom is -0.475 e. The van der Waals surface area contributed by atoms with Crippen LogP contribution >= 0.6 is 0 Å². The average molecular weight is 505 g/mol. The van der Waals surface area contributed by atoms with Crippen LogP contribution in [0.3, 0.4) is 0 Å². The van der Waals surface area contributed by atoms with E-state index in [1.165, 1.54) is 18.4 Å². The summed E-state index contributed by atoms with van der Waals surface area (Å²) >= 11 is 0. The second-order valence-corrected chi connectivity index (χ2v) is 7.68. The molecule has 0 bridgehead atoms. The quantitative estimate of drug-likeness (QED) is 0.600. The van der Waals surface area contributed by atoms with Gasteiger partial charge in [-0.3, -0.25) is 14.6 Å². The zero-order chi connectivity index (χ0) is 26.3. The Bertz CT molecular complexity index is 788. The SMILES string of the molecule is CN(C)C(=O)CN1CC[C@@H]2[C@@H]1CCN2Cc1ccoc1.O=C(O)C(F)(F)F.O=C(O)C(F)(F)F.